The van der Waals surface area contributed by atoms with E-state index in [0.29, 0.717) is 12.0 Å². The average molecular weight is 278 g/mol. The number of phenolic OH excluding ortho intramolecular Hbond substituents is 2. The normalized spacial score (nSPS) is 10.1. The quantitative estimate of drug-likeness (QED) is 0.615. The summed E-state index contributed by atoms with van der Waals surface area (Å²) in [5.41, 5.74) is 4.08. The summed E-state index contributed by atoms with van der Waals surface area (Å²) in [6.07, 6.45) is 4.12. The number of aromatic hydroxyl groups is 2. The molecule has 0 spiro atoms. The second kappa shape index (κ2) is 6.14. The van der Waals surface area contributed by atoms with Crippen molar-refractivity contribution < 1.29 is 10.2 Å². The van der Waals surface area contributed by atoms with Gasteiger partial charge in [0.05, 0.1) is 0 Å². The summed E-state index contributed by atoms with van der Waals surface area (Å²) in [4.78, 5) is 0. The Morgan fingerprint density at radius 3 is 2.43 bits per heavy atom. The highest BCUT2D eigenvalue weighted by Gasteiger charge is 2.11. The lowest BCUT2D eigenvalue weighted by Gasteiger charge is -2.12. The zero-order chi connectivity index (χ0) is 15.4. The third kappa shape index (κ3) is 3.06. The summed E-state index contributed by atoms with van der Waals surface area (Å²) in [6.45, 7) is 11.4. The van der Waals surface area contributed by atoms with Crippen molar-refractivity contribution in [3.05, 3.63) is 79.4 Å². The van der Waals surface area contributed by atoms with Gasteiger partial charge in [0.1, 0.15) is 11.5 Å². The molecule has 106 valence electrons. The van der Waals surface area contributed by atoms with Crippen molar-refractivity contribution in [2.75, 3.05) is 0 Å². The molecular weight excluding hydrogens is 260 g/mol. The van der Waals surface area contributed by atoms with E-state index in [1.807, 2.05) is 12.1 Å². The van der Waals surface area contributed by atoms with Crippen molar-refractivity contribution in [3.63, 3.8) is 0 Å². The molecule has 0 aliphatic carbocycles. The fraction of sp³-hybridized carbons (Fsp3) is 0.0526. The Hall–Kier alpha value is -2.74. The number of benzene rings is 2. The maximum Gasteiger partial charge on any atom is 0.123 e. The number of phenols is 2. The van der Waals surface area contributed by atoms with Crippen LogP contribution >= 0.6 is 0 Å². The van der Waals surface area contributed by atoms with E-state index in [1.54, 1.807) is 36.4 Å². The van der Waals surface area contributed by atoms with Crippen LogP contribution in [0.2, 0.25) is 0 Å². The van der Waals surface area contributed by atoms with Gasteiger partial charge >= 0.3 is 0 Å². The summed E-state index contributed by atoms with van der Waals surface area (Å²) >= 11 is 0. The Balaban J connectivity index is 2.65. The Morgan fingerprint density at radius 2 is 1.76 bits per heavy atom. The minimum absolute atomic E-state index is 0.158. The van der Waals surface area contributed by atoms with Gasteiger partial charge in [0.2, 0.25) is 0 Å². The Labute approximate surface area is 125 Å². The Morgan fingerprint density at radius 1 is 1.00 bits per heavy atom. The van der Waals surface area contributed by atoms with Gasteiger partial charge in [-0.1, -0.05) is 37.4 Å². The van der Waals surface area contributed by atoms with E-state index in [0.717, 1.165) is 22.3 Å². The van der Waals surface area contributed by atoms with Crippen LogP contribution in [0.25, 0.3) is 16.7 Å². The molecule has 2 aromatic rings. The molecule has 0 amide bonds. The molecule has 21 heavy (non-hydrogen) atoms. The number of rotatable bonds is 5. The summed E-state index contributed by atoms with van der Waals surface area (Å²) in [5.74, 6) is 0.316. The zero-order valence-electron chi connectivity index (χ0n) is 11.8. The molecule has 0 heterocycles. The van der Waals surface area contributed by atoms with Gasteiger partial charge in [-0.2, -0.15) is 0 Å². The molecule has 2 rings (SSSR count). The van der Waals surface area contributed by atoms with Crippen LogP contribution in [0.5, 0.6) is 11.5 Å². The Kier molecular flexibility index (Phi) is 4.29. The van der Waals surface area contributed by atoms with Gasteiger partial charge in [0.25, 0.3) is 0 Å². The molecule has 0 fully saturated rings. The van der Waals surface area contributed by atoms with E-state index in [4.69, 9.17) is 0 Å². The predicted molar refractivity (Wildman–Crippen MR) is 88.3 cm³/mol. The standard InChI is InChI=1S/C19H18O2/c1-4-6-14-7-9-16(20)12-17(14)18-11-15(13(3)5-2)8-10-19(18)21/h4-5,7-12,20-21H,1-3,6H2. The van der Waals surface area contributed by atoms with Gasteiger partial charge in [-0.15, -0.1) is 6.58 Å². The van der Waals surface area contributed by atoms with Crippen LogP contribution in [-0.4, -0.2) is 10.2 Å². The van der Waals surface area contributed by atoms with Crippen LogP contribution in [0.3, 0.4) is 0 Å². The van der Waals surface area contributed by atoms with Crippen molar-refractivity contribution in [2.45, 2.75) is 6.42 Å². The molecule has 2 aromatic carbocycles. The molecule has 0 aromatic heterocycles. The maximum atomic E-state index is 10.2. The van der Waals surface area contributed by atoms with Crippen LogP contribution in [0, 0.1) is 0 Å². The van der Waals surface area contributed by atoms with Gasteiger partial charge in [-0.3, -0.25) is 0 Å². The fourth-order valence-corrected chi connectivity index (χ4v) is 2.22. The average Bonchev–Trinajstić information content (AvgIpc) is 2.49. The van der Waals surface area contributed by atoms with Crippen LogP contribution in [0.15, 0.2) is 68.3 Å². The summed E-state index contributed by atoms with van der Waals surface area (Å²) in [7, 11) is 0. The largest absolute Gasteiger partial charge is 0.508 e. The minimum atomic E-state index is 0.158. The van der Waals surface area contributed by atoms with E-state index in [2.05, 4.69) is 19.7 Å². The highest BCUT2D eigenvalue weighted by atomic mass is 16.3. The SMILES string of the molecule is C=CCc1ccc(O)cc1-c1cc(C(=C)C=C)ccc1O. The molecule has 0 saturated carbocycles. The smallest absolute Gasteiger partial charge is 0.123 e. The van der Waals surface area contributed by atoms with E-state index < -0.39 is 0 Å². The van der Waals surface area contributed by atoms with Crippen LogP contribution in [-0.2, 0) is 6.42 Å². The van der Waals surface area contributed by atoms with E-state index in [1.165, 1.54) is 0 Å². The van der Waals surface area contributed by atoms with E-state index in [9.17, 15) is 10.2 Å². The maximum absolute atomic E-state index is 10.2. The van der Waals surface area contributed by atoms with Gasteiger partial charge in [0, 0.05) is 5.56 Å². The first kappa shape index (κ1) is 14.7. The van der Waals surface area contributed by atoms with E-state index in [-0.39, 0.29) is 11.5 Å². The first-order valence-corrected chi connectivity index (χ1v) is 6.64. The molecule has 0 radical (unpaired) electrons. The van der Waals surface area contributed by atoms with Crippen LogP contribution in [0.4, 0.5) is 0 Å². The number of hydrogen-bond donors (Lipinski definition) is 2. The molecule has 2 nitrogen and oxygen atoms in total. The fourth-order valence-electron chi connectivity index (χ4n) is 2.22. The van der Waals surface area contributed by atoms with Gasteiger partial charge in [0.15, 0.2) is 0 Å². The molecule has 0 aliphatic heterocycles. The third-order valence-electron chi connectivity index (χ3n) is 3.36. The molecule has 0 aliphatic rings. The van der Waals surface area contributed by atoms with Crippen LogP contribution < -0.4 is 0 Å². The highest BCUT2D eigenvalue weighted by molar-refractivity contribution is 5.80. The molecule has 0 atom stereocenters. The molecule has 2 heteroatoms. The molecule has 2 N–H and O–H groups in total. The van der Waals surface area contributed by atoms with Crippen molar-refractivity contribution in [2.24, 2.45) is 0 Å². The third-order valence-corrected chi connectivity index (χ3v) is 3.36. The second-order valence-corrected chi connectivity index (χ2v) is 4.80. The lowest BCUT2D eigenvalue weighted by molar-refractivity contribution is 0.474. The summed E-state index contributed by atoms with van der Waals surface area (Å²) in [5, 5.41) is 19.9. The van der Waals surface area contributed by atoms with Crippen LogP contribution in [0.1, 0.15) is 11.1 Å². The van der Waals surface area contributed by atoms with Gasteiger partial charge in [-0.05, 0) is 52.9 Å². The number of hydrogen-bond acceptors (Lipinski definition) is 2. The molecular formula is C19H18O2. The van der Waals surface area contributed by atoms with Crippen molar-refractivity contribution in [3.8, 4) is 22.6 Å². The van der Waals surface area contributed by atoms with Crippen molar-refractivity contribution in [1.82, 2.24) is 0 Å². The van der Waals surface area contributed by atoms with Gasteiger partial charge in [-0.25, -0.2) is 0 Å². The Bertz CT molecular complexity index is 712. The summed E-state index contributed by atoms with van der Waals surface area (Å²) in [6, 6.07) is 10.4. The van der Waals surface area contributed by atoms with Gasteiger partial charge < -0.3 is 10.2 Å². The minimum Gasteiger partial charge on any atom is -0.508 e. The molecule has 0 saturated heterocycles. The zero-order valence-corrected chi connectivity index (χ0v) is 11.8. The topological polar surface area (TPSA) is 40.5 Å². The van der Waals surface area contributed by atoms with Crippen molar-refractivity contribution in [1.29, 1.82) is 0 Å². The van der Waals surface area contributed by atoms with E-state index >= 15 is 0 Å². The lowest BCUT2D eigenvalue weighted by Crippen LogP contribution is -1.90. The lowest BCUT2D eigenvalue weighted by atomic mass is 9.94. The van der Waals surface area contributed by atoms with Crippen molar-refractivity contribution >= 4 is 5.57 Å². The second-order valence-electron chi connectivity index (χ2n) is 4.80. The molecule has 0 unspecified atom stereocenters. The first-order chi connectivity index (χ1) is 10.1. The monoisotopic (exact) mass is 278 g/mol. The molecule has 0 bridgehead atoms. The summed E-state index contributed by atoms with van der Waals surface area (Å²) < 4.78 is 0. The predicted octanol–water partition coefficient (Wildman–Crippen LogP) is 4.69. The first-order valence-electron chi connectivity index (χ1n) is 6.64. The highest BCUT2D eigenvalue weighted by Crippen LogP contribution is 2.36. The number of allylic oxidation sites excluding steroid dienone is 3.